The predicted octanol–water partition coefficient (Wildman–Crippen LogP) is 4.94. The number of hydrogen-bond donors (Lipinski definition) is 0. The molecule has 2 atom stereocenters. The molecule has 0 N–H and O–H groups in total. The molecule has 0 radical (unpaired) electrons. The molecule has 0 saturated carbocycles. The van der Waals surface area contributed by atoms with Gasteiger partial charge in [-0.25, -0.2) is 5.01 Å². The third kappa shape index (κ3) is 3.26. The van der Waals surface area contributed by atoms with E-state index in [2.05, 4.69) is 6.07 Å². The Bertz CT molecular complexity index is 1110. The SMILES string of the molecule is CCOc1cccc2c1O[C@H](c1ccc(OC)c(OC)c1)N1N=C(c3ccco3)C[C@@H]21. The lowest BCUT2D eigenvalue weighted by Crippen LogP contribution is -2.34. The van der Waals surface area contributed by atoms with Crippen molar-refractivity contribution in [2.75, 3.05) is 20.8 Å². The van der Waals surface area contributed by atoms with Gasteiger partial charge >= 0.3 is 0 Å². The molecule has 0 fully saturated rings. The van der Waals surface area contributed by atoms with Gasteiger partial charge in [0.05, 0.1) is 33.1 Å². The van der Waals surface area contributed by atoms with Crippen LogP contribution in [-0.2, 0) is 0 Å². The van der Waals surface area contributed by atoms with E-state index in [-0.39, 0.29) is 6.04 Å². The number of methoxy groups -OCH3 is 2. The molecule has 0 saturated heterocycles. The number of fused-ring (bicyclic) bond motifs is 3. The van der Waals surface area contributed by atoms with Crippen LogP contribution in [0, 0.1) is 0 Å². The van der Waals surface area contributed by atoms with Crippen LogP contribution in [0.25, 0.3) is 0 Å². The fourth-order valence-corrected chi connectivity index (χ4v) is 4.17. The molecule has 0 bridgehead atoms. The largest absolute Gasteiger partial charge is 0.493 e. The Balaban J connectivity index is 1.62. The van der Waals surface area contributed by atoms with Crippen molar-refractivity contribution in [3.05, 3.63) is 71.7 Å². The number of rotatable bonds is 6. The first kappa shape index (κ1) is 19.4. The topological polar surface area (TPSA) is 65.7 Å². The van der Waals surface area contributed by atoms with E-state index in [1.54, 1.807) is 20.5 Å². The Morgan fingerprint density at radius 1 is 1.03 bits per heavy atom. The Kier molecular flexibility index (Phi) is 4.94. The molecule has 0 amide bonds. The molecule has 2 aromatic carbocycles. The molecule has 7 nitrogen and oxygen atoms in total. The summed E-state index contributed by atoms with van der Waals surface area (Å²) in [6.45, 7) is 2.53. The van der Waals surface area contributed by atoms with Crippen LogP contribution in [0.1, 0.15) is 42.5 Å². The molecule has 0 spiro atoms. The van der Waals surface area contributed by atoms with Crippen molar-refractivity contribution >= 4 is 5.71 Å². The fourth-order valence-electron chi connectivity index (χ4n) is 4.17. The first-order valence-electron chi connectivity index (χ1n) is 10.3. The summed E-state index contributed by atoms with van der Waals surface area (Å²) >= 11 is 0. The summed E-state index contributed by atoms with van der Waals surface area (Å²) in [5, 5.41) is 6.90. The van der Waals surface area contributed by atoms with Gasteiger partial charge in [-0.3, -0.25) is 0 Å². The Morgan fingerprint density at radius 2 is 1.90 bits per heavy atom. The maximum absolute atomic E-state index is 6.52. The lowest BCUT2D eigenvalue weighted by molar-refractivity contribution is -0.0213. The van der Waals surface area contributed by atoms with Crippen molar-refractivity contribution in [1.82, 2.24) is 5.01 Å². The molecule has 5 rings (SSSR count). The predicted molar refractivity (Wildman–Crippen MR) is 115 cm³/mol. The smallest absolute Gasteiger partial charge is 0.214 e. The van der Waals surface area contributed by atoms with Gasteiger partial charge in [0.2, 0.25) is 6.23 Å². The van der Waals surface area contributed by atoms with E-state index >= 15 is 0 Å². The van der Waals surface area contributed by atoms with E-state index in [9.17, 15) is 0 Å². The Morgan fingerprint density at radius 3 is 2.65 bits per heavy atom. The zero-order valence-electron chi connectivity index (χ0n) is 17.7. The highest BCUT2D eigenvalue weighted by molar-refractivity contribution is 5.99. The molecule has 2 aliphatic rings. The maximum Gasteiger partial charge on any atom is 0.214 e. The third-order valence-corrected chi connectivity index (χ3v) is 5.58. The molecule has 3 aromatic rings. The number of nitrogens with zero attached hydrogens (tertiary/aromatic N) is 2. The summed E-state index contributed by atoms with van der Waals surface area (Å²) < 4.78 is 28.9. The van der Waals surface area contributed by atoms with Gasteiger partial charge in [0, 0.05) is 17.5 Å². The lowest BCUT2D eigenvalue weighted by Gasteiger charge is -2.38. The third-order valence-electron chi connectivity index (χ3n) is 5.58. The van der Waals surface area contributed by atoms with Crippen LogP contribution < -0.4 is 18.9 Å². The van der Waals surface area contributed by atoms with E-state index in [1.807, 2.05) is 54.4 Å². The summed E-state index contributed by atoms with van der Waals surface area (Å²) in [5.74, 6) is 3.55. The van der Waals surface area contributed by atoms with Gasteiger partial charge in [0.1, 0.15) is 11.5 Å². The first-order valence-corrected chi connectivity index (χ1v) is 10.3. The van der Waals surface area contributed by atoms with Crippen LogP contribution in [0.2, 0.25) is 0 Å². The normalized spacial score (nSPS) is 19.2. The molecule has 160 valence electrons. The lowest BCUT2D eigenvalue weighted by atomic mass is 9.97. The van der Waals surface area contributed by atoms with Crippen molar-refractivity contribution in [3.63, 3.8) is 0 Å². The van der Waals surface area contributed by atoms with Gasteiger partial charge in [-0.2, -0.15) is 5.10 Å². The van der Waals surface area contributed by atoms with E-state index < -0.39 is 6.23 Å². The summed E-state index contributed by atoms with van der Waals surface area (Å²) in [5.41, 5.74) is 2.84. The van der Waals surface area contributed by atoms with Crippen LogP contribution in [0.15, 0.2) is 64.3 Å². The van der Waals surface area contributed by atoms with Gasteiger partial charge in [-0.1, -0.05) is 12.1 Å². The molecule has 2 aliphatic heterocycles. The first-order chi connectivity index (χ1) is 15.2. The number of benzene rings is 2. The number of ether oxygens (including phenoxy) is 4. The van der Waals surface area contributed by atoms with Crippen LogP contribution in [0.4, 0.5) is 0 Å². The summed E-state index contributed by atoms with van der Waals surface area (Å²) in [6.07, 6.45) is 1.92. The molecule has 7 heteroatoms. The minimum absolute atomic E-state index is 0.00218. The Hall–Kier alpha value is -3.61. The van der Waals surface area contributed by atoms with Gasteiger partial charge < -0.3 is 23.4 Å². The van der Waals surface area contributed by atoms with Crippen molar-refractivity contribution in [3.8, 4) is 23.0 Å². The zero-order chi connectivity index (χ0) is 21.4. The van der Waals surface area contributed by atoms with Crippen LogP contribution in [0.5, 0.6) is 23.0 Å². The minimum Gasteiger partial charge on any atom is -0.493 e. The number of furan rings is 1. The van der Waals surface area contributed by atoms with Crippen molar-refractivity contribution in [1.29, 1.82) is 0 Å². The minimum atomic E-state index is -0.452. The average Bonchev–Trinajstić information content (AvgIpc) is 3.48. The van der Waals surface area contributed by atoms with Gasteiger partial charge in [-0.05, 0) is 43.3 Å². The van der Waals surface area contributed by atoms with E-state index in [0.717, 1.165) is 34.1 Å². The second-order valence-corrected chi connectivity index (χ2v) is 7.32. The fraction of sp³-hybridized carbons (Fsp3) is 0.292. The second-order valence-electron chi connectivity index (χ2n) is 7.32. The monoisotopic (exact) mass is 420 g/mol. The zero-order valence-corrected chi connectivity index (χ0v) is 17.7. The van der Waals surface area contributed by atoms with Crippen LogP contribution in [-0.4, -0.2) is 31.5 Å². The molecule has 3 heterocycles. The summed E-state index contributed by atoms with van der Waals surface area (Å²) in [6, 6.07) is 15.6. The summed E-state index contributed by atoms with van der Waals surface area (Å²) in [7, 11) is 3.24. The van der Waals surface area contributed by atoms with E-state index in [4.69, 9.17) is 28.5 Å². The van der Waals surface area contributed by atoms with Crippen molar-refractivity contribution in [2.45, 2.75) is 25.6 Å². The highest BCUT2D eigenvalue weighted by Gasteiger charge is 2.42. The van der Waals surface area contributed by atoms with Crippen molar-refractivity contribution < 1.29 is 23.4 Å². The van der Waals surface area contributed by atoms with E-state index in [0.29, 0.717) is 24.5 Å². The molecule has 0 unspecified atom stereocenters. The molecular weight excluding hydrogens is 396 g/mol. The Labute approximate surface area is 180 Å². The number of para-hydroxylation sites is 1. The number of hydrazone groups is 1. The number of hydrogen-bond acceptors (Lipinski definition) is 7. The van der Waals surface area contributed by atoms with Gasteiger partial charge in [0.25, 0.3) is 0 Å². The molecule has 1 aromatic heterocycles. The second kappa shape index (κ2) is 7.91. The summed E-state index contributed by atoms with van der Waals surface area (Å²) in [4.78, 5) is 0. The van der Waals surface area contributed by atoms with E-state index in [1.165, 1.54) is 0 Å². The van der Waals surface area contributed by atoms with Crippen molar-refractivity contribution in [2.24, 2.45) is 5.10 Å². The molecular formula is C24H24N2O5. The molecule has 0 aliphatic carbocycles. The average molecular weight is 420 g/mol. The molecule has 31 heavy (non-hydrogen) atoms. The van der Waals surface area contributed by atoms with Gasteiger partial charge in [0.15, 0.2) is 23.0 Å². The maximum atomic E-state index is 6.52. The quantitative estimate of drug-likeness (QED) is 0.563. The highest BCUT2D eigenvalue weighted by Crippen LogP contribution is 2.51. The standard InChI is InChI=1S/C24H24N2O5/c1-4-29-21-8-5-7-16-18-14-17(19-9-6-12-30-19)25-26(18)24(31-23(16)21)15-10-11-20(27-2)22(13-15)28-3/h5-13,18,24H,4,14H2,1-3H3/t18-,24+/m0/s1. The van der Waals surface area contributed by atoms with Crippen LogP contribution >= 0.6 is 0 Å². The van der Waals surface area contributed by atoms with Crippen LogP contribution in [0.3, 0.4) is 0 Å². The van der Waals surface area contributed by atoms with Gasteiger partial charge in [-0.15, -0.1) is 0 Å². The highest BCUT2D eigenvalue weighted by atomic mass is 16.5.